The quantitative estimate of drug-likeness (QED) is 0.778. The van der Waals surface area contributed by atoms with Crippen LogP contribution in [0.4, 0.5) is 0 Å². The summed E-state index contributed by atoms with van der Waals surface area (Å²) in [7, 11) is 0. The summed E-state index contributed by atoms with van der Waals surface area (Å²) >= 11 is 1.85. The molecule has 2 aromatic heterocycles. The fourth-order valence-electron chi connectivity index (χ4n) is 3.39. The fraction of sp³-hybridized carbons (Fsp3) is 0.611. The van der Waals surface area contributed by atoms with E-state index in [-0.39, 0.29) is 0 Å². The third-order valence-electron chi connectivity index (χ3n) is 4.83. The molecule has 4 nitrogen and oxygen atoms in total. The average molecular weight is 331 g/mol. The molecule has 0 N–H and O–H groups in total. The van der Waals surface area contributed by atoms with E-state index in [1.165, 1.54) is 34.7 Å². The zero-order valence-corrected chi connectivity index (χ0v) is 14.6. The molecule has 0 aromatic carbocycles. The molecular formula is C18H25N3OS. The van der Waals surface area contributed by atoms with Gasteiger partial charge in [0.25, 0.3) is 0 Å². The van der Waals surface area contributed by atoms with Crippen LogP contribution in [0.1, 0.15) is 41.6 Å². The standard InChI is InChI=1S/C18H25N3OS/c1-2-22-13-17-16-12-20(11-15-4-3-9-23-15)8-7-18(16)21(19-17)10-14-5-6-14/h3-4,9,14H,2,5-8,10-13H2,1H3. The Morgan fingerprint density at radius 2 is 2.30 bits per heavy atom. The smallest absolute Gasteiger partial charge is 0.0929 e. The molecule has 1 fully saturated rings. The van der Waals surface area contributed by atoms with Crippen molar-refractivity contribution < 1.29 is 4.74 Å². The Labute approximate surface area is 142 Å². The lowest BCUT2D eigenvalue weighted by atomic mass is 10.0. The molecule has 23 heavy (non-hydrogen) atoms. The Morgan fingerprint density at radius 1 is 1.39 bits per heavy atom. The van der Waals surface area contributed by atoms with Crippen molar-refractivity contribution in [2.75, 3.05) is 13.2 Å². The summed E-state index contributed by atoms with van der Waals surface area (Å²) in [5.41, 5.74) is 4.06. The van der Waals surface area contributed by atoms with Crippen molar-refractivity contribution >= 4 is 11.3 Å². The molecular weight excluding hydrogens is 306 g/mol. The van der Waals surface area contributed by atoms with E-state index in [1.54, 1.807) is 0 Å². The highest BCUT2D eigenvalue weighted by Crippen LogP contribution is 2.33. The van der Waals surface area contributed by atoms with Crippen LogP contribution in [-0.2, 0) is 37.4 Å². The van der Waals surface area contributed by atoms with Crippen molar-refractivity contribution in [3.05, 3.63) is 39.3 Å². The van der Waals surface area contributed by atoms with Crippen LogP contribution in [0, 0.1) is 5.92 Å². The van der Waals surface area contributed by atoms with Gasteiger partial charge in [0.2, 0.25) is 0 Å². The summed E-state index contributed by atoms with van der Waals surface area (Å²) in [5, 5.41) is 7.07. The number of nitrogens with zero attached hydrogens (tertiary/aromatic N) is 3. The zero-order chi connectivity index (χ0) is 15.6. The van der Waals surface area contributed by atoms with Gasteiger partial charge in [-0.15, -0.1) is 11.3 Å². The molecule has 0 unspecified atom stereocenters. The van der Waals surface area contributed by atoms with E-state index < -0.39 is 0 Å². The van der Waals surface area contributed by atoms with Gasteiger partial charge in [-0.05, 0) is 37.1 Å². The first kappa shape index (κ1) is 15.4. The van der Waals surface area contributed by atoms with Gasteiger partial charge in [0.05, 0.1) is 12.3 Å². The van der Waals surface area contributed by atoms with Crippen molar-refractivity contribution in [1.29, 1.82) is 0 Å². The first-order valence-electron chi connectivity index (χ1n) is 8.73. The minimum absolute atomic E-state index is 0.656. The van der Waals surface area contributed by atoms with Crippen LogP contribution in [0.25, 0.3) is 0 Å². The molecule has 124 valence electrons. The number of ether oxygens (including phenoxy) is 1. The number of rotatable bonds is 7. The first-order chi connectivity index (χ1) is 11.3. The molecule has 0 saturated heterocycles. The van der Waals surface area contributed by atoms with E-state index in [2.05, 4.69) is 34.0 Å². The SMILES string of the molecule is CCOCc1nn(CC2CC2)c2c1CN(Cc1cccs1)CC2. The molecule has 2 aromatic rings. The Morgan fingerprint density at radius 3 is 3.04 bits per heavy atom. The summed E-state index contributed by atoms with van der Waals surface area (Å²) in [6, 6.07) is 4.38. The van der Waals surface area contributed by atoms with Gasteiger partial charge in [-0.1, -0.05) is 6.07 Å². The van der Waals surface area contributed by atoms with Crippen LogP contribution >= 0.6 is 11.3 Å². The summed E-state index contributed by atoms with van der Waals surface area (Å²) in [6.07, 6.45) is 3.87. The molecule has 0 spiro atoms. The van der Waals surface area contributed by atoms with Gasteiger partial charge in [0.1, 0.15) is 0 Å². The van der Waals surface area contributed by atoms with Crippen LogP contribution in [0.2, 0.25) is 0 Å². The highest BCUT2D eigenvalue weighted by atomic mass is 32.1. The van der Waals surface area contributed by atoms with Gasteiger partial charge >= 0.3 is 0 Å². The second kappa shape index (κ2) is 6.75. The highest BCUT2D eigenvalue weighted by Gasteiger charge is 2.28. The second-order valence-electron chi connectivity index (χ2n) is 6.67. The monoisotopic (exact) mass is 331 g/mol. The second-order valence-corrected chi connectivity index (χ2v) is 7.71. The van der Waals surface area contributed by atoms with E-state index in [0.29, 0.717) is 6.61 Å². The molecule has 0 bridgehead atoms. The summed E-state index contributed by atoms with van der Waals surface area (Å²) in [6.45, 7) is 7.78. The lowest BCUT2D eigenvalue weighted by Crippen LogP contribution is -2.31. The van der Waals surface area contributed by atoms with E-state index in [9.17, 15) is 0 Å². The predicted molar refractivity (Wildman–Crippen MR) is 92.4 cm³/mol. The number of aromatic nitrogens is 2. The molecule has 5 heteroatoms. The van der Waals surface area contributed by atoms with Crippen LogP contribution in [0.5, 0.6) is 0 Å². The molecule has 0 radical (unpaired) electrons. The van der Waals surface area contributed by atoms with Crippen molar-refractivity contribution in [3.63, 3.8) is 0 Å². The van der Waals surface area contributed by atoms with E-state index in [1.807, 2.05) is 11.3 Å². The van der Waals surface area contributed by atoms with Crippen molar-refractivity contribution in [2.24, 2.45) is 5.92 Å². The highest BCUT2D eigenvalue weighted by molar-refractivity contribution is 7.09. The van der Waals surface area contributed by atoms with Crippen LogP contribution in [-0.4, -0.2) is 27.8 Å². The van der Waals surface area contributed by atoms with Crippen molar-refractivity contribution in [3.8, 4) is 0 Å². The van der Waals surface area contributed by atoms with Crippen molar-refractivity contribution in [2.45, 2.75) is 52.4 Å². The fourth-order valence-corrected chi connectivity index (χ4v) is 4.13. The Bertz CT molecular complexity index is 646. The predicted octanol–water partition coefficient (Wildman–Crippen LogP) is 3.45. The van der Waals surface area contributed by atoms with Gasteiger partial charge in [0, 0.05) is 55.3 Å². The topological polar surface area (TPSA) is 30.3 Å². The number of thiophene rings is 1. The van der Waals surface area contributed by atoms with E-state index in [4.69, 9.17) is 9.84 Å². The maximum absolute atomic E-state index is 5.67. The zero-order valence-electron chi connectivity index (χ0n) is 13.8. The molecule has 2 aliphatic rings. The van der Waals surface area contributed by atoms with Crippen LogP contribution in [0.3, 0.4) is 0 Å². The minimum Gasteiger partial charge on any atom is -0.375 e. The maximum Gasteiger partial charge on any atom is 0.0929 e. The number of hydrogen-bond acceptors (Lipinski definition) is 4. The first-order valence-corrected chi connectivity index (χ1v) is 9.61. The molecule has 0 atom stereocenters. The summed E-state index contributed by atoms with van der Waals surface area (Å²) in [5.74, 6) is 0.864. The van der Waals surface area contributed by atoms with Gasteiger partial charge < -0.3 is 4.74 Å². The molecule has 1 saturated carbocycles. The minimum atomic E-state index is 0.656. The lowest BCUT2D eigenvalue weighted by molar-refractivity contribution is 0.129. The number of fused-ring (bicyclic) bond motifs is 1. The lowest BCUT2D eigenvalue weighted by Gasteiger charge is -2.27. The molecule has 1 aliphatic carbocycles. The maximum atomic E-state index is 5.67. The summed E-state index contributed by atoms with van der Waals surface area (Å²) in [4.78, 5) is 4.00. The van der Waals surface area contributed by atoms with Gasteiger partial charge in [-0.2, -0.15) is 5.10 Å². The van der Waals surface area contributed by atoms with E-state index in [0.717, 1.165) is 45.1 Å². The Kier molecular flexibility index (Phi) is 4.51. The largest absolute Gasteiger partial charge is 0.375 e. The van der Waals surface area contributed by atoms with E-state index >= 15 is 0 Å². The average Bonchev–Trinajstić information content (AvgIpc) is 3.11. The third kappa shape index (κ3) is 3.52. The summed E-state index contributed by atoms with van der Waals surface area (Å²) < 4.78 is 7.96. The van der Waals surface area contributed by atoms with Crippen LogP contribution < -0.4 is 0 Å². The Hall–Kier alpha value is -1.17. The Balaban J connectivity index is 1.53. The van der Waals surface area contributed by atoms with Crippen LogP contribution in [0.15, 0.2) is 17.5 Å². The third-order valence-corrected chi connectivity index (χ3v) is 5.69. The van der Waals surface area contributed by atoms with Gasteiger partial charge in [-0.3, -0.25) is 9.58 Å². The van der Waals surface area contributed by atoms with Gasteiger partial charge in [0.15, 0.2) is 0 Å². The molecule has 0 amide bonds. The molecule has 1 aliphatic heterocycles. The van der Waals surface area contributed by atoms with Gasteiger partial charge in [-0.25, -0.2) is 0 Å². The number of hydrogen-bond donors (Lipinski definition) is 0. The molecule has 4 rings (SSSR count). The molecule has 3 heterocycles. The normalized spacial score (nSPS) is 18.3. The van der Waals surface area contributed by atoms with Crippen molar-refractivity contribution in [1.82, 2.24) is 14.7 Å².